The van der Waals surface area contributed by atoms with E-state index in [2.05, 4.69) is 32.7 Å². The Kier molecular flexibility index (Phi) is 18.7. The SMILES string of the molecule is CNC(C)C(=O)NC(C(=O)N1Cc2cc(C3CC(C(=O)NC(Cc4ccccc4)C(N)=O)N(C(=O)C(NC(=O)C(C)N(C)C(=O)OC(C)(C)C)C(C)(C)C)C3)ccc2CC1C(=O)NC1CCCc2ccccc21)C(C)(C)C. The summed E-state index contributed by atoms with van der Waals surface area (Å²) in [5, 5.41) is 15.0. The number of nitrogens with zero attached hydrogens (tertiary/aromatic N) is 3. The molecule has 1 saturated heterocycles. The van der Waals surface area contributed by atoms with E-state index in [1.165, 1.54) is 24.4 Å². The number of benzene rings is 3. The van der Waals surface area contributed by atoms with E-state index in [9.17, 15) is 28.8 Å². The number of hydrogen-bond acceptors (Lipinski definition) is 10. The van der Waals surface area contributed by atoms with Gasteiger partial charge in [-0.25, -0.2) is 4.79 Å². The second-order valence-electron chi connectivity index (χ2n) is 24.4. The minimum Gasteiger partial charge on any atom is -0.444 e. The van der Waals surface area contributed by atoms with Crippen LogP contribution in [0.1, 0.15) is 141 Å². The van der Waals surface area contributed by atoms with E-state index in [1.54, 1.807) is 60.4 Å². The lowest BCUT2D eigenvalue weighted by Crippen LogP contribution is -2.62. The van der Waals surface area contributed by atoms with Gasteiger partial charge in [0.15, 0.2) is 0 Å². The third kappa shape index (κ3) is 14.6. The van der Waals surface area contributed by atoms with Crippen LogP contribution in [0.2, 0.25) is 0 Å². The summed E-state index contributed by atoms with van der Waals surface area (Å²) in [6, 6.07) is 15.8. The maximum Gasteiger partial charge on any atom is 0.410 e. The van der Waals surface area contributed by atoms with Gasteiger partial charge >= 0.3 is 6.09 Å². The van der Waals surface area contributed by atoms with E-state index in [0.717, 1.165) is 52.0 Å². The predicted molar refractivity (Wildman–Crippen MR) is 294 cm³/mol. The maximum absolute atomic E-state index is 15.2. The standard InChI is InChI=1S/C59H83N9O9/c1-34(61-12)50(70)64-47(57(3,4)5)54(74)67-32-40-29-38(26-27-39(40)30-45(67)52(72)62-43-25-19-23-37-22-17-18-24-42(37)43)41-31-46(53(73)63-44(49(60)69)28-36-20-15-14-16-21-36)68(33-41)55(75)48(58(6,7)8)65-51(71)35(2)66(13)56(76)77-59(9,10)11/h14-18,20-22,24,26-27,29,34-35,41,43-48,61H,19,23,25,28,30-33H2,1-13H3,(H2,60,69)(H,62,72)(H,63,73)(H,64,70)(H,65,71). The number of nitrogens with two attached hydrogens (primary N) is 1. The van der Waals surface area contributed by atoms with Crippen molar-refractivity contribution in [3.8, 4) is 0 Å². The number of aryl methyl sites for hydroxylation is 1. The summed E-state index contributed by atoms with van der Waals surface area (Å²) in [7, 11) is 3.10. The molecule has 2 heterocycles. The van der Waals surface area contributed by atoms with Gasteiger partial charge in [0.25, 0.3) is 0 Å². The van der Waals surface area contributed by atoms with E-state index in [1.807, 2.05) is 87.5 Å². The molecule has 1 fully saturated rings. The third-order valence-electron chi connectivity index (χ3n) is 15.2. The number of carbonyl (C=O) groups is 8. The molecule has 3 aliphatic rings. The quantitative estimate of drug-likeness (QED) is 0.113. The predicted octanol–water partition coefficient (Wildman–Crippen LogP) is 4.96. The van der Waals surface area contributed by atoms with Gasteiger partial charge in [0.2, 0.25) is 41.4 Å². The fourth-order valence-corrected chi connectivity index (χ4v) is 10.4. The Morgan fingerprint density at radius 2 is 1.34 bits per heavy atom. The molecule has 9 unspecified atom stereocenters. The van der Waals surface area contributed by atoms with Crippen molar-refractivity contribution in [1.29, 1.82) is 0 Å². The normalized spacial score (nSPS) is 20.4. The summed E-state index contributed by atoms with van der Waals surface area (Å²) in [4.78, 5) is 117. The molecule has 8 amide bonds. The molecule has 18 nitrogen and oxygen atoms in total. The van der Waals surface area contributed by atoms with E-state index in [-0.39, 0.29) is 50.2 Å². The zero-order valence-electron chi connectivity index (χ0n) is 47.4. The fourth-order valence-electron chi connectivity index (χ4n) is 10.4. The number of likely N-dealkylation sites (N-methyl/N-ethyl adjacent to an activating group) is 2. The third-order valence-corrected chi connectivity index (χ3v) is 15.2. The minimum atomic E-state index is -1.18. The first-order valence-corrected chi connectivity index (χ1v) is 27.0. The summed E-state index contributed by atoms with van der Waals surface area (Å²) in [6.07, 6.45) is 2.24. The van der Waals surface area contributed by atoms with Crippen LogP contribution in [0, 0.1) is 10.8 Å². The monoisotopic (exact) mass is 1060 g/mol. The second-order valence-corrected chi connectivity index (χ2v) is 24.4. The van der Waals surface area contributed by atoms with Crippen LogP contribution < -0.4 is 32.3 Å². The molecular weight excluding hydrogens is 979 g/mol. The Morgan fingerprint density at radius 1 is 0.727 bits per heavy atom. The number of fused-ring (bicyclic) bond motifs is 2. The molecule has 18 heteroatoms. The largest absolute Gasteiger partial charge is 0.444 e. The molecule has 0 radical (unpaired) electrons. The zero-order chi connectivity index (χ0) is 56.9. The molecule has 418 valence electrons. The van der Waals surface area contributed by atoms with Gasteiger partial charge in [-0.05, 0) is 112 Å². The molecule has 1 aliphatic carbocycles. The van der Waals surface area contributed by atoms with Crippen LogP contribution in [0.3, 0.4) is 0 Å². The van der Waals surface area contributed by atoms with Crippen molar-refractivity contribution in [2.75, 3.05) is 20.6 Å². The Bertz CT molecular complexity index is 2670. The molecule has 0 saturated carbocycles. The molecule has 2 aliphatic heterocycles. The Morgan fingerprint density at radius 3 is 1.95 bits per heavy atom. The van der Waals surface area contributed by atoms with Crippen LogP contribution in [-0.2, 0) is 64.1 Å². The molecule has 7 N–H and O–H groups in total. The number of amides is 8. The van der Waals surface area contributed by atoms with Gasteiger partial charge in [0.1, 0.15) is 41.9 Å². The van der Waals surface area contributed by atoms with Crippen LogP contribution in [0.15, 0.2) is 72.8 Å². The summed E-state index contributed by atoms with van der Waals surface area (Å²) in [6.45, 7) is 19.4. The fraction of sp³-hybridized carbons (Fsp3) is 0.559. The van der Waals surface area contributed by atoms with E-state index >= 15 is 9.59 Å². The highest BCUT2D eigenvalue weighted by Crippen LogP contribution is 2.38. The molecule has 6 rings (SSSR count). The smallest absolute Gasteiger partial charge is 0.410 e. The summed E-state index contributed by atoms with van der Waals surface area (Å²) in [5.74, 6) is -4.07. The first-order chi connectivity index (χ1) is 36.0. The molecule has 9 atom stereocenters. The highest BCUT2D eigenvalue weighted by atomic mass is 16.6. The van der Waals surface area contributed by atoms with Crippen molar-refractivity contribution in [3.05, 3.63) is 106 Å². The van der Waals surface area contributed by atoms with Crippen molar-refractivity contribution < 1.29 is 43.1 Å². The van der Waals surface area contributed by atoms with Crippen molar-refractivity contribution in [3.63, 3.8) is 0 Å². The maximum atomic E-state index is 15.2. The van der Waals surface area contributed by atoms with Crippen LogP contribution in [0.4, 0.5) is 4.79 Å². The Balaban J connectivity index is 1.36. The van der Waals surface area contributed by atoms with Crippen molar-refractivity contribution in [2.45, 2.75) is 181 Å². The summed E-state index contributed by atoms with van der Waals surface area (Å²) in [5.41, 5.74) is 8.77. The van der Waals surface area contributed by atoms with Crippen molar-refractivity contribution >= 4 is 47.4 Å². The molecule has 77 heavy (non-hydrogen) atoms. The lowest BCUT2D eigenvalue weighted by Gasteiger charge is -2.42. The van der Waals surface area contributed by atoms with E-state index in [4.69, 9.17) is 10.5 Å². The van der Waals surface area contributed by atoms with Gasteiger partial charge in [-0.2, -0.15) is 0 Å². The van der Waals surface area contributed by atoms with Crippen LogP contribution in [0.5, 0.6) is 0 Å². The van der Waals surface area contributed by atoms with Gasteiger partial charge in [0, 0.05) is 38.9 Å². The topological polar surface area (TPSA) is 242 Å². The minimum absolute atomic E-state index is 0.0263. The molecular formula is C59H83N9O9. The lowest BCUT2D eigenvalue weighted by molar-refractivity contribution is -0.147. The Labute approximate surface area is 454 Å². The summed E-state index contributed by atoms with van der Waals surface area (Å²) < 4.78 is 5.51. The summed E-state index contributed by atoms with van der Waals surface area (Å²) >= 11 is 0. The van der Waals surface area contributed by atoms with Crippen molar-refractivity contribution in [2.24, 2.45) is 16.6 Å². The molecule has 0 spiro atoms. The Hall–Kier alpha value is -6.82. The van der Waals surface area contributed by atoms with Crippen LogP contribution in [0.25, 0.3) is 0 Å². The number of primary amides is 1. The second kappa shape index (κ2) is 24.2. The molecule has 0 aromatic heterocycles. The molecule has 0 bridgehead atoms. The number of hydrogen-bond donors (Lipinski definition) is 6. The van der Waals surface area contributed by atoms with Gasteiger partial charge in [-0.1, -0.05) is 114 Å². The number of carbonyl (C=O) groups excluding carboxylic acids is 8. The highest BCUT2D eigenvalue weighted by Gasteiger charge is 2.48. The number of rotatable bonds is 16. The highest BCUT2D eigenvalue weighted by molar-refractivity contribution is 5.97. The van der Waals surface area contributed by atoms with E-state index < -0.39 is 100 Å². The average molecular weight is 1060 g/mol. The first-order valence-electron chi connectivity index (χ1n) is 27.0. The number of nitrogens with one attached hydrogen (secondary N) is 5. The first kappa shape index (κ1) is 59.4. The number of likely N-dealkylation sites (tertiary alicyclic amines) is 1. The van der Waals surface area contributed by atoms with Gasteiger partial charge < -0.3 is 46.9 Å². The van der Waals surface area contributed by atoms with Gasteiger partial charge in [0.05, 0.1) is 12.1 Å². The van der Waals surface area contributed by atoms with E-state index in [0.29, 0.717) is 0 Å². The number of ether oxygens (including phenoxy) is 1. The average Bonchev–Trinajstić information content (AvgIpc) is 3.83. The van der Waals surface area contributed by atoms with Crippen LogP contribution >= 0.6 is 0 Å². The molecule has 3 aromatic carbocycles. The van der Waals surface area contributed by atoms with Gasteiger partial charge in [-0.3, -0.25) is 38.5 Å². The van der Waals surface area contributed by atoms with Crippen LogP contribution in [-0.4, -0.2) is 131 Å². The van der Waals surface area contributed by atoms with Crippen molar-refractivity contribution in [1.82, 2.24) is 41.3 Å². The van der Waals surface area contributed by atoms with Gasteiger partial charge in [-0.15, -0.1) is 0 Å². The molecule has 3 aromatic rings. The lowest BCUT2D eigenvalue weighted by atomic mass is 9.83. The zero-order valence-corrected chi connectivity index (χ0v) is 47.4.